The third-order valence-electron chi connectivity index (χ3n) is 8.59. The van der Waals surface area contributed by atoms with E-state index in [0.29, 0.717) is 5.76 Å². The van der Waals surface area contributed by atoms with Crippen molar-refractivity contribution in [2.24, 2.45) is 15.0 Å². The monoisotopic (exact) mass is 550 g/mol. The van der Waals surface area contributed by atoms with Crippen LogP contribution in [0.1, 0.15) is 91.8 Å². The zero-order valence-electron chi connectivity index (χ0n) is 25.5. The molecule has 0 fully saturated rings. The smallest absolute Gasteiger partial charge is 0.0988 e. The topological polar surface area (TPSA) is 93.3 Å². The molecular weight excluding hydrogens is 508 g/mol. The number of H-pyrrole nitrogens is 1. The average Bonchev–Trinajstić information content (AvgIpc) is 3.68. The minimum absolute atomic E-state index is 0.0729. The molecule has 8 bridgehead atoms. The summed E-state index contributed by atoms with van der Waals surface area (Å²) in [5.74, 6) is 0.292. The lowest BCUT2D eigenvalue weighted by Gasteiger charge is -2.06. The number of rotatable bonds is 7. The highest BCUT2D eigenvalue weighted by atomic mass is 16.3. The lowest BCUT2D eigenvalue weighted by Crippen LogP contribution is -2.28. The van der Waals surface area contributed by atoms with Crippen molar-refractivity contribution in [1.82, 2.24) is 4.98 Å². The third-order valence-corrected chi connectivity index (χ3v) is 8.59. The summed E-state index contributed by atoms with van der Waals surface area (Å²) in [6.07, 6.45) is 13.3. The summed E-state index contributed by atoms with van der Waals surface area (Å²) in [6.45, 7) is 14.6. The highest BCUT2D eigenvalue weighted by Gasteiger charge is 2.28. The normalized spacial score (nSPS) is 19.2. The molecule has 3 N–H and O–H groups in total. The van der Waals surface area contributed by atoms with E-state index in [1.807, 2.05) is 0 Å². The Kier molecular flexibility index (Phi) is 8.14. The quantitative estimate of drug-likeness (QED) is 0.363. The molecule has 0 aliphatic carbocycles. The Bertz CT molecular complexity index is 1720. The van der Waals surface area contributed by atoms with Crippen LogP contribution in [0.4, 0.5) is 0 Å². The summed E-state index contributed by atoms with van der Waals surface area (Å²) < 4.78 is 0. The maximum absolute atomic E-state index is 10.9. The molecule has 41 heavy (non-hydrogen) atoms. The van der Waals surface area contributed by atoms with E-state index in [0.717, 1.165) is 106 Å². The predicted molar refractivity (Wildman–Crippen MR) is 172 cm³/mol. The molecule has 0 radical (unpaired) electrons. The number of allylic oxidation sites excluding steroid dienone is 7. The van der Waals surface area contributed by atoms with Crippen LogP contribution in [0.15, 0.2) is 77.7 Å². The zero-order valence-corrected chi connectivity index (χ0v) is 25.5. The first kappa shape index (κ1) is 28.7. The van der Waals surface area contributed by atoms with Gasteiger partial charge in [0.05, 0.1) is 51.9 Å². The van der Waals surface area contributed by atoms with Gasteiger partial charge in [0, 0.05) is 16.5 Å². The number of fused-ring (bicyclic) bond motifs is 5. The summed E-state index contributed by atoms with van der Waals surface area (Å²) in [7, 11) is 0. The average molecular weight is 551 g/mol. The number of hydrogen-bond acceptors (Lipinski definition) is 5. The van der Waals surface area contributed by atoms with E-state index in [1.54, 1.807) is 6.92 Å². The van der Waals surface area contributed by atoms with Gasteiger partial charge in [0.1, 0.15) is 0 Å². The number of aromatic nitrogens is 1. The molecule has 0 unspecified atom stereocenters. The molecule has 0 atom stereocenters. The molecule has 0 saturated heterocycles. The summed E-state index contributed by atoms with van der Waals surface area (Å²) in [4.78, 5) is 19.0. The van der Waals surface area contributed by atoms with Crippen molar-refractivity contribution in [1.29, 1.82) is 0 Å². The highest BCUT2D eigenvalue weighted by molar-refractivity contribution is 6.24. The molecule has 4 aliphatic heterocycles. The lowest BCUT2D eigenvalue weighted by molar-refractivity contribution is 0.333. The van der Waals surface area contributed by atoms with Gasteiger partial charge < -0.3 is 15.2 Å². The fourth-order valence-corrected chi connectivity index (χ4v) is 6.71. The summed E-state index contributed by atoms with van der Waals surface area (Å²) in [5.41, 5.74) is 14.1. The molecule has 6 heteroatoms. The molecule has 4 aliphatic rings. The summed E-state index contributed by atoms with van der Waals surface area (Å²) >= 11 is 0. The Hall–Kier alpha value is -3.77. The standard InChI is InChI=1S/C35H42N4O2/c1-8-20-21(9-2)29-16-33-26(18-40)24(12-5)30(38-33)14-27-22(10-3)23(11-4)31(37-27)17-34-35(19(7)41)25(13-6)32(39-34)15-28(20)36-29/h14-17,39-41H,8-13,18H2,1-7H3/b27-14?,28-15?,33-16?,34-17?,35-19+. The fraction of sp³-hybridized carbons (Fsp3) is 0.400. The van der Waals surface area contributed by atoms with Gasteiger partial charge in [0.15, 0.2) is 0 Å². The van der Waals surface area contributed by atoms with E-state index in [2.05, 4.69) is 70.8 Å². The van der Waals surface area contributed by atoms with Gasteiger partial charge in [-0.2, -0.15) is 0 Å². The number of aliphatic hydroxyl groups is 2. The largest absolute Gasteiger partial charge is 0.512 e. The van der Waals surface area contributed by atoms with E-state index in [4.69, 9.17) is 15.0 Å². The van der Waals surface area contributed by atoms with Crippen LogP contribution in [0.3, 0.4) is 0 Å². The van der Waals surface area contributed by atoms with Crippen LogP contribution in [0.5, 0.6) is 0 Å². The van der Waals surface area contributed by atoms with Crippen molar-refractivity contribution in [2.75, 3.05) is 6.61 Å². The Morgan fingerprint density at radius 2 is 1.05 bits per heavy atom. The van der Waals surface area contributed by atoms with Crippen LogP contribution < -0.4 is 10.6 Å². The third kappa shape index (κ3) is 4.78. The molecule has 5 rings (SSSR count). The van der Waals surface area contributed by atoms with Crippen molar-refractivity contribution in [3.8, 4) is 0 Å². The second-order valence-electron chi connectivity index (χ2n) is 10.8. The lowest BCUT2D eigenvalue weighted by atomic mass is 9.96. The fourth-order valence-electron chi connectivity index (χ4n) is 6.71. The predicted octanol–water partition coefficient (Wildman–Crippen LogP) is 6.46. The van der Waals surface area contributed by atoms with Gasteiger partial charge in [-0.25, -0.2) is 15.0 Å². The van der Waals surface area contributed by atoms with Crippen molar-refractivity contribution in [3.05, 3.63) is 84.5 Å². The van der Waals surface area contributed by atoms with Crippen LogP contribution >= 0.6 is 0 Å². The van der Waals surface area contributed by atoms with Crippen molar-refractivity contribution < 1.29 is 10.2 Å². The molecule has 0 amide bonds. The van der Waals surface area contributed by atoms with E-state index < -0.39 is 0 Å². The van der Waals surface area contributed by atoms with E-state index in [1.165, 1.54) is 22.3 Å². The van der Waals surface area contributed by atoms with Crippen LogP contribution in [0.2, 0.25) is 0 Å². The Morgan fingerprint density at radius 3 is 1.49 bits per heavy atom. The first-order chi connectivity index (χ1) is 19.8. The van der Waals surface area contributed by atoms with Crippen LogP contribution in [0, 0.1) is 0 Å². The SMILES string of the molecule is CCC1=C(CC)C2=NC1=Cc1[nH]c(/c(=C(\C)O)c1CC)=CC1=NC(=CC3=NC(=C2)C(CO)=C3CC)C(CC)=C1CC. The van der Waals surface area contributed by atoms with Crippen LogP contribution in [-0.4, -0.2) is 38.9 Å². The van der Waals surface area contributed by atoms with Gasteiger partial charge in [-0.15, -0.1) is 0 Å². The van der Waals surface area contributed by atoms with Crippen LogP contribution in [-0.2, 0) is 6.42 Å². The number of aromatic amines is 1. The molecule has 6 nitrogen and oxygen atoms in total. The van der Waals surface area contributed by atoms with Crippen LogP contribution in [0.25, 0.3) is 17.9 Å². The van der Waals surface area contributed by atoms with Gasteiger partial charge in [-0.1, -0.05) is 41.5 Å². The molecule has 5 heterocycles. The maximum atomic E-state index is 10.9. The minimum atomic E-state index is -0.0729. The van der Waals surface area contributed by atoms with Gasteiger partial charge >= 0.3 is 0 Å². The molecule has 0 saturated carbocycles. The second-order valence-corrected chi connectivity index (χ2v) is 10.8. The first-order valence-electron chi connectivity index (χ1n) is 15.2. The molecule has 214 valence electrons. The summed E-state index contributed by atoms with van der Waals surface area (Å²) in [6, 6.07) is 0. The number of nitrogens with zero attached hydrogens (tertiary/aromatic N) is 3. The van der Waals surface area contributed by atoms with Gasteiger partial charge in [0.25, 0.3) is 0 Å². The Balaban J connectivity index is 1.93. The Labute approximate surface area is 243 Å². The van der Waals surface area contributed by atoms with E-state index in [-0.39, 0.29) is 6.61 Å². The molecule has 0 aromatic carbocycles. The first-order valence-corrected chi connectivity index (χ1v) is 15.2. The molecular formula is C35H42N4O2. The zero-order chi connectivity index (χ0) is 29.4. The van der Waals surface area contributed by atoms with Crippen molar-refractivity contribution in [3.63, 3.8) is 0 Å². The van der Waals surface area contributed by atoms with Gasteiger partial charge in [-0.3, -0.25) is 0 Å². The molecule has 1 aromatic rings. The number of hydrogen-bond donors (Lipinski definition) is 3. The minimum Gasteiger partial charge on any atom is -0.512 e. The molecule has 1 aromatic heterocycles. The highest BCUT2D eigenvalue weighted by Crippen LogP contribution is 2.37. The maximum Gasteiger partial charge on any atom is 0.0988 e. The van der Waals surface area contributed by atoms with Gasteiger partial charge in [-0.05, 0) is 103 Å². The van der Waals surface area contributed by atoms with E-state index >= 15 is 0 Å². The summed E-state index contributed by atoms with van der Waals surface area (Å²) in [5, 5.41) is 23.0. The van der Waals surface area contributed by atoms with E-state index in [9.17, 15) is 10.2 Å². The van der Waals surface area contributed by atoms with Crippen molar-refractivity contribution in [2.45, 2.75) is 87.0 Å². The second kappa shape index (κ2) is 11.6. The number of aliphatic imine (C=N–C) groups is 3. The molecule has 0 spiro atoms. The van der Waals surface area contributed by atoms with Crippen molar-refractivity contribution >= 4 is 35.0 Å². The Morgan fingerprint density at radius 1 is 0.610 bits per heavy atom. The van der Waals surface area contributed by atoms with Gasteiger partial charge in [0.2, 0.25) is 0 Å². The number of nitrogens with one attached hydrogen (secondary N) is 1. The number of aliphatic hydroxyl groups excluding tert-OH is 2.